The van der Waals surface area contributed by atoms with Crippen LogP contribution < -0.4 is 10.6 Å². The van der Waals surface area contributed by atoms with Gasteiger partial charge >= 0.3 is 12.3 Å². The van der Waals surface area contributed by atoms with E-state index in [-0.39, 0.29) is 28.0 Å². The van der Waals surface area contributed by atoms with Crippen molar-refractivity contribution in [2.75, 3.05) is 5.32 Å². The highest BCUT2D eigenvalue weighted by molar-refractivity contribution is 9.10. The van der Waals surface area contributed by atoms with E-state index >= 15 is 8.78 Å². The molecule has 4 atom stereocenters. The number of hydrogen-bond acceptors (Lipinski definition) is 5. The van der Waals surface area contributed by atoms with E-state index in [4.69, 9.17) is 4.74 Å². The Morgan fingerprint density at radius 1 is 1.11 bits per heavy atom. The highest BCUT2D eigenvalue weighted by Crippen LogP contribution is 2.71. The summed E-state index contributed by atoms with van der Waals surface area (Å²) in [6, 6.07) is 4.29. The van der Waals surface area contributed by atoms with E-state index in [0.717, 1.165) is 12.1 Å². The van der Waals surface area contributed by atoms with Gasteiger partial charge in [0, 0.05) is 27.9 Å². The van der Waals surface area contributed by atoms with Gasteiger partial charge in [-0.25, -0.2) is 18.6 Å². The molecule has 2 heterocycles. The van der Waals surface area contributed by atoms with Crippen molar-refractivity contribution in [2.45, 2.75) is 70.3 Å². The maximum absolute atomic E-state index is 15.2. The van der Waals surface area contributed by atoms with Crippen LogP contribution >= 0.6 is 15.9 Å². The van der Waals surface area contributed by atoms with Gasteiger partial charge in [0.05, 0.1) is 11.7 Å². The smallest absolute Gasteiger partial charge is 0.435 e. The van der Waals surface area contributed by atoms with Crippen molar-refractivity contribution < 1.29 is 45.1 Å². The summed E-state index contributed by atoms with van der Waals surface area (Å²) in [5.74, 6) is -9.55. The molecule has 2 aliphatic carbocycles. The number of amides is 2. The number of carbonyl (C=O) groups excluding carboxylic acids is 2. The number of hydrogen-bond donors (Lipinski definition) is 2. The maximum Gasteiger partial charge on any atom is 0.435 e. The second kappa shape index (κ2) is 11.3. The monoisotopic (exact) mass is 705 g/mol. The average molecular weight is 706 g/mol. The van der Waals surface area contributed by atoms with Crippen LogP contribution in [-0.2, 0) is 34.6 Å². The van der Waals surface area contributed by atoms with Crippen LogP contribution in [0.4, 0.5) is 41.3 Å². The van der Waals surface area contributed by atoms with Crippen LogP contribution in [-0.4, -0.2) is 32.4 Å². The van der Waals surface area contributed by atoms with E-state index in [1.165, 1.54) is 19.1 Å². The minimum atomic E-state index is -5.03. The fourth-order valence-electron chi connectivity index (χ4n) is 5.82. The summed E-state index contributed by atoms with van der Waals surface area (Å²) in [5.41, 5.74) is -3.74. The van der Waals surface area contributed by atoms with Gasteiger partial charge < -0.3 is 10.1 Å². The quantitative estimate of drug-likeness (QED) is 0.253. The number of anilines is 1. The zero-order chi connectivity index (χ0) is 33.2. The highest BCUT2D eigenvalue weighted by atomic mass is 79.9. The first-order chi connectivity index (χ1) is 20.8. The number of fused-ring (bicyclic) bond motifs is 3. The normalized spacial score (nSPS) is 20.7. The van der Waals surface area contributed by atoms with Crippen molar-refractivity contribution in [3.63, 3.8) is 0 Å². The van der Waals surface area contributed by atoms with E-state index in [9.17, 15) is 31.5 Å². The van der Waals surface area contributed by atoms with Crippen molar-refractivity contribution in [1.29, 1.82) is 0 Å². The van der Waals surface area contributed by atoms with E-state index in [1.807, 2.05) is 0 Å². The Hall–Kier alpha value is -3.69. The molecule has 0 aliphatic heterocycles. The molecule has 0 bridgehead atoms. The summed E-state index contributed by atoms with van der Waals surface area (Å²) in [5, 5.41) is 8.35. The Kier molecular flexibility index (Phi) is 8.20. The largest absolute Gasteiger partial charge is 0.444 e. The van der Waals surface area contributed by atoms with Crippen LogP contribution in [0, 0.1) is 23.5 Å². The number of nitrogens with one attached hydrogen (secondary N) is 2. The standard InChI is InChI=1S/C29H27BrF7N5O3/c1-12-20-21-24(29(35,36)37)41-42(25(21)28(33,34)22(12)20)11-19(43)38-17(9-13-7-14(31)10-15(32)8-13)23-16(30)5-6-18(39-23)40-26(44)45-27(2,3)4/h5-8,10,12,17,20,22H,9,11H2,1-4H3,(H,38,43)(H,39,40,44)/t12-,17+,20-,22-/m1/s1. The van der Waals surface area contributed by atoms with Crippen LogP contribution in [0.1, 0.15) is 67.9 Å². The van der Waals surface area contributed by atoms with Crippen molar-refractivity contribution >= 4 is 33.7 Å². The molecule has 1 fully saturated rings. The van der Waals surface area contributed by atoms with Crippen LogP contribution in [0.3, 0.4) is 0 Å². The van der Waals surface area contributed by atoms with Gasteiger partial charge in [-0.05, 0) is 78.9 Å². The van der Waals surface area contributed by atoms with Crippen molar-refractivity contribution in [3.8, 4) is 0 Å². The van der Waals surface area contributed by atoms with E-state index < -0.39 is 88.6 Å². The molecular formula is C29H27BrF7N5O3. The molecule has 2 amide bonds. The molecule has 16 heteroatoms. The van der Waals surface area contributed by atoms with Crippen LogP contribution in [0.2, 0.25) is 0 Å². The summed E-state index contributed by atoms with van der Waals surface area (Å²) in [6.07, 6.45) is -6.16. The van der Waals surface area contributed by atoms with Gasteiger partial charge in [-0.1, -0.05) is 6.92 Å². The molecule has 2 N–H and O–H groups in total. The molecule has 1 saturated carbocycles. The van der Waals surface area contributed by atoms with Gasteiger partial charge in [0.15, 0.2) is 5.69 Å². The Morgan fingerprint density at radius 3 is 2.36 bits per heavy atom. The van der Waals surface area contributed by atoms with E-state index in [0.29, 0.717) is 10.7 Å². The molecule has 2 aromatic heterocycles. The maximum atomic E-state index is 15.2. The lowest BCUT2D eigenvalue weighted by Crippen LogP contribution is -2.35. The molecule has 0 saturated heterocycles. The van der Waals surface area contributed by atoms with Gasteiger partial charge in [0.25, 0.3) is 5.92 Å². The molecule has 0 spiro atoms. The summed E-state index contributed by atoms with van der Waals surface area (Å²) in [7, 11) is 0. The van der Waals surface area contributed by atoms with Gasteiger partial charge in [0.2, 0.25) is 5.91 Å². The van der Waals surface area contributed by atoms with Crippen LogP contribution in [0.15, 0.2) is 34.8 Å². The van der Waals surface area contributed by atoms with Crippen LogP contribution in [0.25, 0.3) is 0 Å². The van der Waals surface area contributed by atoms with Gasteiger partial charge in [-0.3, -0.25) is 14.8 Å². The number of benzene rings is 1. The Morgan fingerprint density at radius 2 is 1.76 bits per heavy atom. The zero-order valence-electron chi connectivity index (χ0n) is 24.2. The molecule has 45 heavy (non-hydrogen) atoms. The Bertz CT molecular complexity index is 1650. The molecule has 3 aromatic rings. The first kappa shape index (κ1) is 32.7. The van der Waals surface area contributed by atoms with Crippen molar-refractivity contribution in [1.82, 2.24) is 20.1 Å². The summed E-state index contributed by atoms with van der Waals surface area (Å²) < 4.78 is 106. The zero-order valence-corrected chi connectivity index (χ0v) is 25.8. The number of alkyl halides is 5. The summed E-state index contributed by atoms with van der Waals surface area (Å²) in [4.78, 5) is 29.9. The third-order valence-electron chi connectivity index (χ3n) is 7.53. The van der Waals surface area contributed by atoms with E-state index in [1.54, 1.807) is 20.8 Å². The number of carbonyl (C=O) groups is 2. The third kappa shape index (κ3) is 6.65. The van der Waals surface area contributed by atoms with E-state index in [2.05, 4.69) is 36.6 Å². The van der Waals surface area contributed by atoms with Gasteiger partial charge in [-0.2, -0.15) is 27.1 Å². The molecule has 8 nitrogen and oxygen atoms in total. The first-order valence-corrected chi connectivity index (χ1v) is 14.5. The topological polar surface area (TPSA) is 98.1 Å². The summed E-state index contributed by atoms with van der Waals surface area (Å²) >= 11 is 3.30. The number of halogens is 8. The second-order valence-corrected chi connectivity index (χ2v) is 12.9. The molecule has 5 rings (SSSR count). The summed E-state index contributed by atoms with van der Waals surface area (Å²) in [6.45, 7) is 5.35. The number of nitrogens with zero attached hydrogens (tertiary/aromatic N) is 3. The molecule has 0 unspecified atom stereocenters. The predicted molar refractivity (Wildman–Crippen MR) is 149 cm³/mol. The van der Waals surface area contributed by atoms with Crippen molar-refractivity contribution in [2.24, 2.45) is 11.8 Å². The highest BCUT2D eigenvalue weighted by Gasteiger charge is 2.72. The Labute approximate surface area is 260 Å². The lowest BCUT2D eigenvalue weighted by Gasteiger charge is -2.22. The van der Waals surface area contributed by atoms with Crippen molar-refractivity contribution in [3.05, 3.63) is 74.6 Å². The SMILES string of the molecule is C[C@@H]1[C@@H]2c3c(C(F)(F)F)nn(CC(=O)N[C@@H](Cc4cc(F)cc(F)c4)c4nc(NC(=O)OC(C)(C)C)ccc4Br)c3C(F)(F)[C@H]12. The fraction of sp³-hybridized carbons (Fsp3) is 0.448. The minimum absolute atomic E-state index is 0.0279. The Balaban J connectivity index is 1.47. The minimum Gasteiger partial charge on any atom is -0.444 e. The number of aromatic nitrogens is 3. The molecule has 0 radical (unpaired) electrons. The fourth-order valence-corrected chi connectivity index (χ4v) is 6.32. The van der Waals surface area contributed by atoms with Crippen LogP contribution in [0.5, 0.6) is 0 Å². The lowest BCUT2D eigenvalue weighted by atomic mass is 10.0. The average Bonchev–Trinajstić information content (AvgIpc) is 3.27. The lowest BCUT2D eigenvalue weighted by molar-refractivity contribution is -0.142. The number of pyridine rings is 1. The number of ether oxygens (including phenoxy) is 1. The third-order valence-corrected chi connectivity index (χ3v) is 8.20. The molecule has 1 aromatic carbocycles. The molecule has 242 valence electrons. The first-order valence-electron chi connectivity index (χ1n) is 13.7. The molecule has 2 aliphatic rings. The predicted octanol–water partition coefficient (Wildman–Crippen LogP) is 7.24. The second-order valence-electron chi connectivity index (χ2n) is 12.1. The van der Waals surface area contributed by atoms with Gasteiger partial charge in [-0.15, -0.1) is 0 Å². The number of rotatable bonds is 7. The molecular weight excluding hydrogens is 679 g/mol. The van der Waals surface area contributed by atoms with Gasteiger partial charge in [0.1, 0.15) is 35.3 Å².